The molecule has 0 fully saturated rings. The highest BCUT2D eigenvalue weighted by Gasteiger charge is 2.34. The first kappa shape index (κ1) is 14.2. The Labute approximate surface area is 115 Å². The lowest BCUT2D eigenvalue weighted by molar-refractivity contribution is 0.0995. The lowest BCUT2D eigenvalue weighted by Gasteiger charge is -2.07. The summed E-state index contributed by atoms with van der Waals surface area (Å²) in [6, 6.07) is 2.61. The highest BCUT2D eigenvalue weighted by Crippen LogP contribution is 2.29. The van der Waals surface area contributed by atoms with E-state index >= 15 is 0 Å². The summed E-state index contributed by atoms with van der Waals surface area (Å²) in [6.07, 6.45) is 0.446. The van der Waals surface area contributed by atoms with Gasteiger partial charge in [0.05, 0.1) is 4.90 Å². The number of rotatable bonds is 2. The number of nitrogens with zero attached hydrogens (tertiary/aromatic N) is 1. The van der Waals surface area contributed by atoms with Crippen molar-refractivity contribution in [1.82, 2.24) is 0 Å². The SMILES string of the molecule is CCc1cc2c(cc1C(=O)N=C(N)N)S(=O)(=O)CC2=O. The minimum Gasteiger partial charge on any atom is -0.370 e. The molecular weight excluding hydrogens is 282 g/mol. The minimum absolute atomic E-state index is 0.0953. The molecular formula is C12H13N3O4S. The lowest BCUT2D eigenvalue weighted by atomic mass is 10.00. The van der Waals surface area contributed by atoms with Crippen LogP contribution in [0.3, 0.4) is 0 Å². The van der Waals surface area contributed by atoms with Crippen molar-refractivity contribution < 1.29 is 18.0 Å². The summed E-state index contributed by atoms with van der Waals surface area (Å²) in [7, 11) is -3.68. The number of carbonyl (C=O) groups is 2. The summed E-state index contributed by atoms with van der Waals surface area (Å²) in [5, 5.41) is 0. The van der Waals surface area contributed by atoms with E-state index < -0.39 is 33.2 Å². The third-order valence-electron chi connectivity index (χ3n) is 3.00. The Morgan fingerprint density at radius 2 is 2.00 bits per heavy atom. The fourth-order valence-electron chi connectivity index (χ4n) is 2.10. The van der Waals surface area contributed by atoms with Gasteiger partial charge in [-0.15, -0.1) is 0 Å². The van der Waals surface area contributed by atoms with Gasteiger partial charge in [-0.2, -0.15) is 4.99 Å². The standard InChI is InChI=1S/C12H13N3O4S/c1-2-6-3-8-9(16)5-20(18,19)10(8)4-7(6)11(17)15-12(13)14/h3-4H,2,5H2,1H3,(H4,13,14,15,17). The van der Waals surface area contributed by atoms with Crippen molar-refractivity contribution in [2.24, 2.45) is 16.5 Å². The van der Waals surface area contributed by atoms with E-state index in [2.05, 4.69) is 4.99 Å². The molecule has 1 heterocycles. The molecule has 0 saturated carbocycles. The van der Waals surface area contributed by atoms with Crippen molar-refractivity contribution >= 4 is 27.5 Å². The number of Topliss-reactive ketones (excluding diaryl/α,β-unsaturated/α-hetero) is 1. The molecule has 0 aliphatic carbocycles. The first-order valence-electron chi connectivity index (χ1n) is 5.83. The number of aryl methyl sites for hydroxylation is 1. The lowest BCUT2D eigenvalue weighted by Crippen LogP contribution is -2.24. The normalized spacial score (nSPS) is 15.8. The third kappa shape index (κ3) is 2.29. The Bertz CT molecular complexity index is 746. The van der Waals surface area contributed by atoms with Crippen LogP contribution in [0.15, 0.2) is 22.0 Å². The van der Waals surface area contributed by atoms with Crippen LogP contribution in [0.4, 0.5) is 0 Å². The van der Waals surface area contributed by atoms with E-state index in [1.807, 2.05) is 0 Å². The van der Waals surface area contributed by atoms with Gasteiger partial charge < -0.3 is 11.5 Å². The average Bonchev–Trinajstić information content (AvgIpc) is 2.57. The van der Waals surface area contributed by atoms with E-state index in [9.17, 15) is 18.0 Å². The van der Waals surface area contributed by atoms with Crippen molar-refractivity contribution in [3.8, 4) is 0 Å². The number of carbonyl (C=O) groups excluding carboxylic acids is 2. The Balaban J connectivity index is 2.70. The molecule has 0 saturated heterocycles. The quantitative estimate of drug-likeness (QED) is 0.565. The van der Waals surface area contributed by atoms with Gasteiger partial charge in [0.15, 0.2) is 21.6 Å². The molecule has 4 N–H and O–H groups in total. The predicted molar refractivity (Wildman–Crippen MR) is 72.3 cm³/mol. The van der Waals surface area contributed by atoms with Crippen molar-refractivity contribution in [2.45, 2.75) is 18.2 Å². The van der Waals surface area contributed by atoms with Crippen molar-refractivity contribution in [1.29, 1.82) is 0 Å². The second-order valence-electron chi connectivity index (χ2n) is 4.38. The maximum absolute atomic E-state index is 11.9. The molecule has 7 nitrogen and oxygen atoms in total. The molecule has 1 aromatic rings. The number of guanidine groups is 1. The topological polar surface area (TPSA) is 133 Å². The van der Waals surface area contributed by atoms with Crippen LogP contribution in [0.2, 0.25) is 0 Å². The number of ketones is 1. The third-order valence-corrected chi connectivity index (χ3v) is 4.65. The Morgan fingerprint density at radius 1 is 1.35 bits per heavy atom. The van der Waals surface area contributed by atoms with E-state index in [1.165, 1.54) is 12.1 Å². The summed E-state index contributed by atoms with van der Waals surface area (Å²) >= 11 is 0. The summed E-state index contributed by atoms with van der Waals surface area (Å²) < 4.78 is 23.7. The van der Waals surface area contributed by atoms with Crippen LogP contribution >= 0.6 is 0 Å². The number of hydrogen-bond donors (Lipinski definition) is 2. The van der Waals surface area contributed by atoms with E-state index in [4.69, 9.17) is 11.5 Å². The Morgan fingerprint density at radius 3 is 2.55 bits per heavy atom. The summed E-state index contributed by atoms with van der Waals surface area (Å²) in [6.45, 7) is 1.78. The number of aliphatic imine (C=N–C) groups is 1. The zero-order valence-corrected chi connectivity index (χ0v) is 11.5. The predicted octanol–water partition coefficient (Wildman–Crippen LogP) is -0.367. The van der Waals surface area contributed by atoms with Gasteiger partial charge in [-0.1, -0.05) is 6.92 Å². The molecule has 0 unspecified atom stereocenters. The number of nitrogens with two attached hydrogens (primary N) is 2. The van der Waals surface area contributed by atoms with Crippen LogP contribution in [0.25, 0.3) is 0 Å². The van der Waals surface area contributed by atoms with Gasteiger partial charge in [0.2, 0.25) is 0 Å². The summed E-state index contributed by atoms with van der Waals surface area (Å²) in [5.41, 5.74) is 11.0. The molecule has 8 heteroatoms. The highest BCUT2D eigenvalue weighted by molar-refractivity contribution is 7.92. The molecule has 0 radical (unpaired) electrons. The fourth-order valence-corrected chi connectivity index (χ4v) is 3.56. The largest absolute Gasteiger partial charge is 0.370 e. The smallest absolute Gasteiger partial charge is 0.280 e. The average molecular weight is 295 g/mol. The zero-order valence-electron chi connectivity index (χ0n) is 10.7. The molecule has 20 heavy (non-hydrogen) atoms. The molecule has 1 aliphatic heterocycles. The molecule has 106 valence electrons. The van der Waals surface area contributed by atoms with E-state index in [1.54, 1.807) is 6.92 Å². The molecule has 1 amide bonds. The van der Waals surface area contributed by atoms with Crippen molar-refractivity contribution in [3.63, 3.8) is 0 Å². The van der Waals surface area contributed by atoms with Crippen LogP contribution in [0.5, 0.6) is 0 Å². The van der Waals surface area contributed by atoms with Crippen molar-refractivity contribution in [2.75, 3.05) is 5.75 Å². The van der Waals surface area contributed by atoms with Crippen LogP contribution < -0.4 is 11.5 Å². The minimum atomic E-state index is -3.68. The number of hydrogen-bond acceptors (Lipinski definition) is 4. The molecule has 0 spiro atoms. The van der Waals surface area contributed by atoms with Gasteiger partial charge in [0, 0.05) is 11.1 Å². The van der Waals surface area contributed by atoms with Crippen LogP contribution in [-0.2, 0) is 16.3 Å². The van der Waals surface area contributed by atoms with Crippen molar-refractivity contribution in [3.05, 3.63) is 28.8 Å². The summed E-state index contributed by atoms with van der Waals surface area (Å²) in [5.74, 6) is -2.16. The molecule has 1 aromatic carbocycles. The van der Waals surface area contributed by atoms with Gasteiger partial charge >= 0.3 is 0 Å². The van der Waals surface area contributed by atoms with Gasteiger partial charge in [-0.3, -0.25) is 9.59 Å². The fraction of sp³-hybridized carbons (Fsp3) is 0.250. The zero-order chi connectivity index (χ0) is 15.1. The molecule has 0 bridgehead atoms. The second kappa shape index (κ2) is 4.71. The maximum atomic E-state index is 11.9. The monoisotopic (exact) mass is 295 g/mol. The Hall–Kier alpha value is -2.22. The van der Waals surface area contributed by atoms with Gasteiger partial charge in [-0.25, -0.2) is 8.42 Å². The summed E-state index contributed by atoms with van der Waals surface area (Å²) in [4.78, 5) is 26.8. The number of amides is 1. The van der Waals surface area contributed by atoms with Crippen LogP contribution in [0.1, 0.15) is 33.2 Å². The number of benzene rings is 1. The maximum Gasteiger partial charge on any atom is 0.280 e. The Kier molecular flexibility index (Phi) is 3.34. The van der Waals surface area contributed by atoms with Crippen LogP contribution in [-0.4, -0.2) is 31.8 Å². The molecule has 0 atom stereocenters. The molecule has 1 aliphatic rings. The first-order chi connectivity index (χ1) is 9.26. The van der Waals surface area contributed by atoms with E-state index in [0.717, 1.165) is 0 Å². The van der Waals surface area contributed by atoms with Gasteiger partial charge in [0.1, 0.15) is 5.75 Å². The van der Waals surface area contributed by atoms with Crippen LogP contribution in [0, 0.1) is 0 Å². The van der Waals surface area contributed by atoms with E-state index in [0.29, 0.717) is 12.0 Å². The second-order valence-corrected chi connectivity index (χ2v) is 6.34. The molecule has 0 aromatic heterocycles. The highest BCUT2D eigenvalue weighted by atomic mass is 32.2. The molecule has 2 rings (SSSR count). The van der Waals surface area contributed by atoms with E-state index in [-0.39, 0.29) is 16.0 Å². The first-order valence-corrected chi connectivity index (χ1v) is 7.48. The van der Waals surface area contributed by atoms with Gasteiger partial charge in [0.25, 0.3) is 5.91 Å². The van der Waals surface area contributed by atoms with Gasteiger partial charge in [-0.05, 0) is 24.1 Å². The number of sulfone groups is 1. The number of fused-ring (bicyclic) bond motifs is 1.